The van der Waals surface area contributed by atoms with Gasteiger partial charge in [0, 0.05) is 43.2 Å². The molecule has 3 saturated heterocycles. The SMILES string of the molecule is CC(C)C1C(=O)N2CCCC2C2(O)OC(NC(=O)C3C=C4c5cccc6c5C(CN6)CC4N(C)C3)(C(C)C)C(=O)N12. The lowest BCUT2D eigenvalue weighted by atomic mass is 9.74. The molecule has 7 unspecified atom stereocenters. The third-order valence-electron chi connectivity index (χ3n) is 10.4. The maximum atomic E-state index is 14.3. The summed E-state index contributed by atoms with van der Waals surface area (Å²) in [6.07, 6.45) is 4.31. The van der Waals surface area contributed by atoms with Crippen LogP contribution in [0.2, 0.25) is 0 Å². The van der Waals surface area contributed by atoms with Crippen LogP contribution in [0.1, 0.15) is 64.0 Å². The van der Waals surface area contributed by atoms with E-state index in [1.54, 1.807) is 4.90 Å². The Bertz CT molecular complexity index is 1360. The first-order valence-corrected chi connectivity index (χ1v) is 15.2. The molecule has 41 heavy (non-hydrogen) atoms. The Morgan fingerprint density at radius 1 is 1.22 bits per heavy atom. The third-order valence-corrected chi connectivity index (χ3v) is 10.4. The highest BCUT2D eigenvalue weighted by atomic mass is 16.7. The van der Waals surface area contributed by atoms with E-state index >= 15 is 0 Å². The van der Waals surface area contributed by atoms with Crippen molar-refractivity contribution in [2.75, 3.05) is 32.0 Å². The molecule has 1 aromatic carbocycles. The van der Waals surface area contributed by atoms with E-state index in [0.29, 0.717) is 25.4 Å². The van der Waals surface area contributed by atoms with Crippen LogP contribution >= 0.6 is 0 Å². The standard InChI is InChI=1S/C31H41N5O5/c1-16(2)26-28(38)35-11-7-10-24(35)31(40)36(26)29(39)30(41-31,17(3)4)33-27(37)19-12-21-20-8-6-9-22-25(20)18(14-32-22)13-23(21)34(5)15-19/h6,8-9,12,16-19,23-24,26,32,40H,7,10-11,13-15H2,1-5H3,(H,33,37). The van der Waals surface area contributed by atoms with E-state index in [2.05, 4.69) is 46.9 Å². The van der Waals surface area contributed by atoms with Gasteiger partial charge in [0.1, 0.15) is 12.1 Å². The van der Waals surface area contributed by atoms with Crippen LogP contribution in [0.3, 0.4) is 0 Å². The normalized spacial score (nSPS) is 37.6. The van der Waals surface area contributed by atoms with Crippen LogP contribution < -0.4 is 10.6 Å². The number of piperazine rings is 1. The number of carbonyl (C=O) groups is 3. The summed E-state index contributed by atoms with van der Waals surface area (Å²) in [5, 5.41) is 18.6. The van der Waals surface area contributed by atoms with E-state index in [1.165, 1.54) is 21.7 Å². The summed E-state index contributed by atoms with van der Waals surface area (Å²) in [4.78, 5) is 47.1. The molecule has 0 spiro atoms. The minimum Gasteiger partial charge on any atom is -0.384 e. The predicted molar refractivity (Wildman–Crippen MR) is 152 cm³/mol. The molecule has 0 saturated carbocycles. The van der Waals surface area contributed by atoms with E-state index in [9.17, 15) is 19.5 Å². The van der Waals surface area contributed by atoms with Gasteiger partial charge in [0.05, 0.1) is 5.92 Å². The molecular weight excluding hydrogens is 522 g/mol. The van der Waals surface area contributed by atoms with Gasteiger partial charge in [-0.1, -0.05) is 45.9 Å². The number of fused-ring (bicyclic) bond motifs is 5. The van der Waals surface area contributed by atoms with Gasteiger partial charge < -0.3 is 20.6 Å². The highest BCUT2D eigenvalue weighted by molar-refractivity contribution is 5.98. The van der Waals surface area contributed by atoms with Gasteiger partial charge in [-0.25, -0.2) is 0 Å². The van der Waals surface area contributed by atoms with Crippen molar-refractivity contribution in [3.05, 3.63) is 35.4 Å². The quantitative estimate of drug-likeness (QED) is 0.513. The van der Waals surface area contributed by atoms with Crippen LogP contribution in [0.5, 0.6) is 0 Å². The molecule has 10 nitrogen and oxygen atoms in total. The number of amides is 3. The van der Waals surface area contributed by atoms with Gasteiger partial charge in [-0.05, 0) is 55.0 Å². The van der Waals surface area contributed by atoms with Crippen LogP contribution in [-0.2, 0) is 19.1 Å². The molecule has 3 fully saturated rings. The number of rotatable bonds is 4. The van der Waals surface area contributed by atoms with Crippen LogP contribution in [0.4, 0.5) is 5.69 Å². The highest BCUT2D eigenvalue weighted by Gasteiger charge is 2.72. The zero-order valence-corrected chi connectivity index (χ0v) is 24.5. The topological polar surface area (TPSA) is 114 Å². The number of likely N-dealkylation sites (N-methyl/N-ethyl adjacent to an activating group) is 1. The Morgan fingerprint density at radius 2 is 2.00 bits per heavy atom. The number of anilines is 1. The first-order chi connectivity index (χ1) is 19.5. The van der Waals surface area contributed by atoms with Crippen LogP contribution in [0, 0.1) is 17.8 Å². The van der Waals surface area contributed by atoms with E-state index in [1.807, 2.05) is 27.7 Å². The number of hydrogen-bond donors (Lipinski definition) is 3. The summed E-state index contributed by atoms with van der Waals surface area (Å²) in [5.41, 5.74) is 3.06. The molecule has 3 amide bonds. The number of benzene rings is 1. The molecule has 0 aromatic heterocycles. The number of carbonyl (C=O) groups excluding carboxylic acids is 3. The van der Waals surface area contributed by atoms with Crippen LogP contribution in [0.15, 0.2) is 24.3 Å². The average Bonchev–Trinajstić information content (AvgIpc) is 3.64. The summed E-state index contributed by atoms with van der Waals surface area (Å²) in [6, 6.07) is 5.01. The van der Waals surface area contributed by atoms with Crippen molar-refractivity contribution in [1.82, 2.24) is 20.0 Å². The molecule has 0 radical (unpaired) electrons. The Kier molecular flexibility index (Phi) is 5.92. The molecule has 1 aliphatic carbocycles. The first-order valence-electron chi connectivity index (χ1n) is 15.2. The Balaban J connectivity index is 1.24. The van der Waals surface area contributed by atoms with Gasteiger partial charge in [0.15, 0.2) is 0 Å². The van der Waals surface area contributed by atoms with Gasteiger partial charge in [-0.3, -0.25) is 28.9 Å². The Labute approximate surface area is 241 Å². The summed E-state index contributed by atoms with van der Waals surface area (Å²) >= 11 is 0. The molecule has 6 aliphatic rings. The smallest absolute Gasteiger partial charge is 0.281 e. The number of hydrogen-bond acceptors (Lipinski definition) is 7. The van der Waals surface area contributed by atoms with E-state index in [0.717, 1.165) is 25.0 Å². The second-order valence-corrected chi connectivity index (χ2v) is 13.5. The summed E-state index contributed by atoms with van der Waals surface area (Å²) in [6.45, 7) is 9.31. The largest absolute Gasteiger partial charge is 0.384 e. The minimum absolute atomic E-state index is 0.167. The second-order valence-electron chi connectivity index (χ2n) is 13.5. The average molecular weight is 564 g/mol. The van der Waals surface area contributed by atoms with Crippen molar-refractivity contribution in [2.45, 2.75) is 82.6 Å². The third kappa shape index (κ3) is 3.56. The fourth-order valence-corrected chi connectivity index (χ4v) is 8.36. The van der Waals surface area contributed by atoms with Crippen LogP contribution in [-0.4, -0.2) is 94.0 Å². The van der Waals surface area contributed by atoms with Gasteiger partial charge in [0.2, 0.25) is 17.5 Å². The van der Waals surface area contributed by atoms with Crippen molar-refractivity contribution in [3.63, 3.8) is 0 Å². The molecule has 0 bridgehead atoms. The van der Waals surface area contributed by atoms with Gasteiger partial charge >= 0.3 is 0 Å². The van der Waals surface area contributed by atoms with Crippen LogP contribution in [0.25, 0.3) is 5.57 Å². The fraction of sp³-hybridized carbons (Fsp3) is 0.645. The van der Waals surface area contributed by atoms with Crippen molar-refractivity contribution in [2.24, 2.45) is 17.8 Å². The number of ether oxygens (including phenoxy) is 1. The molecule has 7 rings (SSSR count). The number of nitrogens with one attached hydrogen (secondary N) is 2. The first kappa shape index (κ1) is 26.9. The number of aliphatic hydroxyl groups is 1. The Morgan fingerprint density at radius 3 is 2.73 bits per heavy atom. The zero-order valence-electron chi connectivity index (χ0n) is 24.5. The van der Waals surface area contributed by atoms with E-state index in [-0.39, 0.29) is 23.8 Å². The molecule has 5 heterocycles. The fourth-order valence-electron chi connectivity index (χ4n) is 8.36. The molecule has 10 heteroatoms. The van der Waals surface area contributed by atoms with Gasteiger partial charge in [0.25, 0.3) is 11.8 Å². The minimum atomic E-state index is -2.00. The predicted octanol–water partition coefficient (Wildman–Crippen LogP) is 1.92. The lowest BCUT2D eigenvalue weighted by molar-refractivity contribution is -0.323. The van der Waals surface area contributed by atoms with Gasteiger partial charge in [-0.15, -0.1) is 0 Å². The van der Waals surface area contributed by atoms with E-state index < -0.39 is 41.5 Å². The summed E-state index contributed by atoms with van der Waals surface area (Å²) in [5.74, 6) is -3.84. The lowest BCUT2D eigenvalue weighted by Crippen LogP contribution is -2.72. The highest BCUT2D eigenvalue weighted by Crippen LogP contribution is 2.50. The molecule has 1 aromatic rings. The monoisotopic (exact) mass is 563 g/mol. The number of nitrogens with zero attached hydrogens (tertiary/aromatic N) is 3. The maximum Gasteiger partial charge on any atom is 0.281 e. The van der Waals surface area contributed by atoms with Crippen molar-refractivity contribution in [1.29, 1.82) is 0 Å². The molecular formula is C31H41N5O5. The van der Waals surface area contributed by atoms with Crippen molar-refractivity contribution >= 4 is 29.0 Å². The summed E-state index contributed by atoms with van der Waals surface area (Å²) in [7, 11) is 2.06. The van der Waals surface area contributed by atoms with Gasteiger partial charge in [-0.2, -0.15) is 0 Å². The van der Waals surface area contributed by atoms with E-state index in [4.69, 9.17) is 4.74 Å². The maximum absolute atomic E-state index is 14.3. The molecule has 220 valence electrons. The molecule has 3 N–H and O–H groups in total. The Hall–Kier alpha value is -2.95. The molecule has 7 atom stereocenters. The zero-order chi connectivity index (χ0) is 29.0. The summed E-state index contributed by atoms with van der Waals surface area (Å²) < 4.78 is 6.41. The second kappa shape index (κ2) is 9.02. The van der Waals surface area contributed by atoms with Crippen molar-refractivity contribution in [3.8, 4) is 0 Å². The lowest BCUT2D eigenvalue weighted by Gasteiger charge is -2.49. The molecule has 5 aliphatic heterocycles. The van der Waals surface area contributed by atoms with Crippen molar-refractivity contribution < 1.29 is 24.2 Å².